The Morgan fingerprint density at radius 1 is 1.03 bits per heavy atom. The van der Waals surface area contributed by atoms with Gasteiger partial charge < -0.3 is 10.1 Å². The molecule has 7 heteroatoms. The van der Waals surface area contributed by atoms with Gasteiger partial charge in [-0.1, -0.05) is 76.8 Å². The number of nitriles is 1. The molecule has 3 rings (SSSR count). The van der Waals surface area contributed by atoms with Crippen molar-refractivity contribution >= 4 is 52.5 Å². The Morgan fingerprint density at radius 2 is 1.74 bits per heavy atom. The van der Waals surface area contributed by atoms with Gasteiger partial charge in [-0.05, 0) is 48.4 Å². The largest absolute Gasteiger partial charge is 0.486 e. The van der Waals surface area contributed by atoms with Crippen LogP contribution in [-0.4, -0.2) is 5.91 Å². The molecular weight excluding hydrogens is 455 g/mol. The quantitative estimate of drug-likeness (QED) is 0.308. The zero-order valence-electron chi connectivity index (χ0n) is 16.5. The van der Waals surface area contributed by atoms with Crippen LogP contribution in [0.4, 0.5) is 5.69 Å². The van der Waals surface area contributed by atoms with E-state index in [-0.39, 0.29) is 15.6 Å². The van der Waals surface area contributed by atoms with Crippen molar-refractivity contribution < 1.29 is 9.53 Å². The van der Waals surface area contributed by atoms with Crippen LogP contribution in [0.5, 0.6) is 5.75 Å². The molecular formula is C24H17Cl3N2O2. The summed E-state index contributed by atoms with van der Waals surface area (Å²) in [5.41, 5.74) is 2.88. The summed E-state index contributed by atoms with van der Waals surface area (Å²) in [7, 11) is 0. The minimum atomic E-state index is -0.595. The van der Waals surface area contributed by atoms with Crippen LogP contribution in [0.2, 0.25) is 15.1 Å². The molecule has 0 aromatic heterocycles. The van der Waals surface area contributed by atoms with E-state index >= 15 is 0 Å². The van der Waals surface area contributed by atoms with Crippen molar-refractivity contribution in [2.45, 2.75) is 13.5 Å². The molecule has 0 aliphatic rings. The average Bonchev–Trinajstić information content (AvgIpc) is 2.73. The third kappa shape index (κ3) is 6.02. The first-order valence-electron chi connectivity index (χ1n) is 9.22. The van der Waals surface area contributed by atoms with Gasteiger partial charge in [-0.15, -0.1) is 0 Å². The van der Waals surface area contributed by atoms with E-state index in [1.807, 2.05) is 37.3 Å². The van der Waals surface area contributed by atoms with Gasteiger partial charge in [-0.25, -0.2) is 0 Å². The number of anilines is 1. The van der Waals surface area contributed by atoms with Crippen LogP contribution in [0, 0.1) is 18.3 Å². The van der Waals surface area contributed by atoms with Crippen LogP contribution in [0.1, 0.15) is 16.7 Å². The Morgan fingerprint density at radius 3 is 2.39 bits per heavy atom. The summed E-state index contributed by atoms with van der Waals surface area (Å²) < 4.78 is 5.79. The number of benzene rings is 3. The van der Waals surface area contributed by atoms with Crippen molar-refractivity contribution in [2.24, 2.45) is 0 Å². The van der Waals surface area contributed by atoms with E-state index in [9.17, 15) is 10.1 Å². The Kier molecular flexibility index (Phi) is 7.59. The fourth-order valence-electron chi connectivity index (χ4n) is 2.83. The smallest absolute Gasteiger partial charge is 0.266 e. The zero-order chi connectivity index (χ0) is 22.4. The van der Waals surface area contributed by atoms with E-state index in [2.05, 4.69) is 5.32 Å². The summed E-state index contributed by atoms with van der Waals surface area (Å²) in [6, 6.07) is 19.7. The lowest BCUT2D eigenvalue weighted by Crippen LogP contribution is -2.13. The zero-order valence-corrected chi connectivity index (χ0v) is 18.7. The molecule has 31 heavy (non-hydrogen) atoms. The predicted octanol–water partition coefficient (Wildman–Crippen LogP) is 7.08. The van der Waals surface area contributed by atoms with E-state index in [4.69, 9.17) is 39.5 Å². The lowest BCUT2D eigenvalue weighted by molar-refractivity contribution is -0.112. The van der Waals surface area contributed by atoms with Gasteiger partial charge in [0.1, 0.15) is 18.2 Å². The standard InChI is InChI=1S/C24H17Cl3N2O2/c1-15-5-4-6-16(9-15)14-31-23-20(26)11-17(12-21(23)27)10-18(13-28)24(30)29-22-8-3-2-7-19(22)25/h2-12H,14H2,1H3,(H,29,30)/b18-10+. The number of ether oxygens (including phenoxy) is 1. The first kappa shape index (κ1) is 22.7. The van der Waals surface area contributed by atoms with Crippen LogP contribution < -0.4 is 10.1 Å². The number of halogens is 3. The van der Waals surface area contributed by atoms with Gasteiger partial charge in [0.15, 0.2) is 5.75 Å². The van der Waals surface area contributed by atoms with Crippen molar-refractivity contribution in [3.8, 4) is 11.8 Å². The number of nitrogens with one attached hydrogen (secondary N) is 1. The van der Waals surface area contributed by atoms with Crippen LogP contribution in [-0.2, 0) is 11.4 Å². The summed E-state index contributed by atoms with van der Waals surface area (Å²) in [6.07, 6.45) is 1.40. The van der Waals surface area contributed by atoms with Gasteiger partial charge in [0.05, 0.1) is 20.8 Å². The number of carbonyl (C=O) groups excluding carboxylic acids is 1. The molecule has 3 aromatic rings. The summed E-state index contributed by atoms with van der Waals surface area (Å²) >= 11 is 18.8. The fourth-order valence-corrected chi connectivity index (χ4v) is 3.62. The van der Waals surface area contributed by atoms with Crippen LogP contribution in [0.25, 0.3) is 6.08 Å². The number of para-hydroxylation sites is 1. The monoisotopic (exact) mass is 470 g/mol. The molecule has 0 spiro atoms. The molecule has 0 bridgehead atoms. The van der Waals surface area contributed by atoms with Crippen LogP contribution >= 0.6 is 34.8 Å². The Hall–Kier alpha value is -2.97. The molecule has 1 N–H and O–H groups in total. The van der Waals surface area contributed by atoms with E-state index < -0.39 is 5.91 Å². The lowest BCUT2D eigenvalue weighted by atomic mass is 10.1. The summed E-state index contributed by atoms with van der Waals surface area (Å²) in [5, 5.41) is 13.0. The molecule has 0 heterocycles. The number of aryl methyl sites for hydroxylation is 1. The second-order valence-corrected chi connectivity index (χ2v) is 7.92. The lowest BCUT2D eigenvalue weighted by Gasteiger charge is -2.12. The number of hydrogen-bond donors (Lipinski definition) is 1. The number of amides is 1. The second-order valence-electron chi connectivity index (χ2n) is 6.70. The highest BCUT2D eigenvalue weighted by Crippen LogP contribution is 2.35. The maximum Gasteiger partial charge on any atom is 0.266 e. The number of rotatable bonds is 6. The van der Waals surface area contributed by atoms with Crippen molar-refractivity contribution in [2.75, 3.05) is 5.32 Å². The van der Waals surface area contributed by atoms with Gasteiger partial charge in [0.2, 0.25) is 0 Å². The molecule has 0 radical (unpaired) electrons. The summed E-state index contributed by atoms with van der Waals surface area (Å²) in [5.74, 6) is -0.261. The van der Waals surface area contributed by atoms with Crippen LogP contribution in [0.15, 0.2) is 66.2 Å². The highest BCUT2D eigenvalue weighted by molar-refractivity contribution is 6.37. The second kappa shape index (κ2) is 10.4. The number of hydrogen-bond acceptors (Lipinski definition) is 3. The molecule has 0 aliphatic carbocycles. The third-order valence-corrected chi connectivity index (χ3v) is 5.18. The van der Waals surface area contributed by atoms with Crippen molar-refractivity contribution in [3.63, 3.8) is 0 Å². The molecule has 0 aliphatic heterocycles. The molecule has 4 nitrogen and oxygen atoms in total. The fraction of sp³-hybridized carbons (Fsp3) is 0.0833. The Balaban J connectivity index is 1.78. The molecule has 156 valence electrons. The van der Waals surface area contributed by atoms with Gasteiger partial charge in [-0.3, -0.25) is 4.79 Å². The minimum absolute atomic E-state index is 0.125. The maximum absolute atomic E-state index is 12.5. The van der Waals surface area contributed by atoms with E-state index in [1.54, 1.807) is 36.4 Å². The normalized spacial score (nSPS) is 11.0. The van der Waals surface area contributed by atoms with E-state index in [0.29, 0.717) is 28.6 Å². The predicted molar refractivity (Wildman–Crippen MR) is 126 cm³/mol. The number of nitrogens with zero attached hydrogens (tertiary/aromatic N) is 1. The van der Waals surface area contributed by atoms with Crippen molar-refractivity contribution in [1.29, 1.82) is 5.26 Å². The van der Waals surface area contributed by atoms with Gasteiger partial charge in [0, 0.05) is 0 Å². The summed E-state index contributed by atoms with van der Waals surface area (Å²) in [4.78, 5) is 12.5. The Labute approximate surface area is 195 Å². The van der Waals surface area contributed by atoms with Crippen molar-refractivity contribution in [3.05, 3.63) is 98.0 Å². The first-order chi connectivity index (χ1) is 14.9. The summed E-state index contributed by atoms with van der Waals surface area (Å²) in [6.45, 7) is 2.30. The van der Waals surface area contributed by atoms with Crippen molar-refractivity contribution in [1.82, 2.24) is 0 Å². The highest BCUT2D eigenvalue weighted by Gasteiger charge is 2.14. The van der Waals surface area contributed by atoms with Crippen LogP contribution in [0.3, 0.4) is 0 Å². The maximum atomic E-state index is 12.5. The molecule has 0 atom stereocenters. The Bertz CT molecular complexity index is 1180. The average molecular weight is 472 g/mol. The SMILES string of the molecule is Cc1cccc(COc2c(Cl)cc(/C=C(\C#N)C(=O)Nc3ccccc3Cl)cc2Cl)c1. The molecule has 3 aromatic carbocycles. The third-order valence-electron chi connectivity index (χ3n) is 4.28. The molecule has 0 unspecified atom stereocenters. The highest BCUT2D eigenvalue weighted by atomic mass is 35.5. The molecule has 1 amide bonds. The molecule has 0 fully saturated rings. The van der Waals surface area contributed by atoms with Gasteiger partial charge in [0.25, 0.3) is 5.91 Å². The van der Waals surface area contributed by atoms with Gasteiger partial charge in [-0.2, -0.15) is 5.26 Å². The molecule has 0 saturated heterocycles. The first-order valence-corrected chi connectivity index (χ1v) is 10.4. The topological polar surface area (TPSA) is 62.1 Å². The van der Waals surface area contributed by atoms with E-state index in [0.717, 1.165) is 11.1 Å². The van der Waals surface area contributed by atoms with Gasteiger partial charge >= 0.3 is 0 Å². The van der Waals surface area contributed by atoms with E-state index in [1.165, 1.54) is 6.08 Å². The molecule has 0 saturated carbocycles. The minimum Gasteiger partial charge on any atom is -0.486 e. The number of carbonyl (C=O) groups is 1.